The summed E-state index contributed by atoms with van der Waals surface area (Å²) in [7, 11) is 1.54. The van der Waals surface area contributed by atoms with Gasteiger partial charge in [0, 0.05) is 30.9 Å². The fourth-order valence-electron chi connectivity index (χ4n) is 2.33. The first-order chi connectivity index (χ1) is 11.9. The number of aryl methyl sites for hydroxylation is 1. The highest BCUT2D eigenvalue weighted by molar-refractivity contribution is 5.96. The molecule has 0 aromatic heterocycles. The minimum atomic E-state index is -0.647. The molecule has 0 radical (unpaired) electrons. The molecule has 2 aromatic carbocycles. The average Bonchev–Trinajstić information content (AvgIpc) is 2.55. The van der Waals surface area contributed by atoms with Crippen molar-refractivity contribution in [2.75, 3.05) is 18.9 Å². The van der Waals surface area contributed by atoms with Gasteiger partial charge in [0.2, 0.25) is 0 Å². The molecule has 0 saturated heterocycles. The lowest BCUT2D eigenvalue weighted by molar-refractivity contribution is 0.0963. The number of urea groups is 1. The lowest BCUT2D eigenvalue weighted by Gasteiger charge is -2.11. The van der Waals surface area contributed by atoms with Crippen LogP contribution < -0.4 is 16.0 Å². The van der Waals surface area contributed by atoms with Gasteiger partial charge in [0.1, 0.15) is 11.6 Å². The molecule has 7 heteroatoms. The number of carbonyl (C=O) groups is 2. The number of rotatable bonds is 5. The maximum Gasteiger partial charge on any atom is 0.319 e. The number of anilines is 1. The summed E-state index contributed by atoms with van der Waals surface area (Å²) in [5, 5.41) is 7.82. The van der Waals surface area contributed by atoms with E-state index in [0.717, 1.165) is 11.6 Å². The number of hydrogen-bond donors (Lipinski definition) is 3. The van der Waals surface area contributed by atoms with Crippen LogP contribution in [-0.4, -0.2) is 25.5 Å². The number of carbonyl (C=O) groups excluding carboxylic acids is 2. The smallest absolute Gasteiger partial charge is 0.319 e. The zero-order valence-corrected chi connectivity index (χ0v) is 14.0. The summed E-state index contributed by atoms with van der Waals surface area (Å²) in [5.74, 6) is -1.50. The van der Waals surface area contributed by atoms with E-state index in [-0.39, 0.29) is 12.5 Å². The highest BCUT2D eigenvalue weighted by Crippen LogP contribution is 2.16. The molecule has 0 aliphatic heterocycles. The Hall–Kier alpha value is -2.96. The van der Waals surface area contributed by atoms with Crippen molar-refractivity contribution >= 4 is 17.6 Å². The van der Waals surface area contributed by atoms with Gasteiger partial charge in [-0.05, 0) is 54.8 Å². The molecule has 2 rings (SSSR count). The Morgan fingerprint density at radius 2 is 1.72 bits per heavy atom. The normalized spacial score (nSPS) is 10.2. The average molecular weight is 347 g/mol. The van der Waals surface area contributed by atoms with E-state index in [1.165, 1.54) is 12.1 Å². The lowest BCUT2D eigenvalue weighted by Crippen LogP contribution is -2.30. The first kappa shape index (κ1) is 18.4. The third-order valence-electron chi connectivity index (χ3n) is 3.59. The first-order valence-electron chi connectivity index (χ1n) is 7.71. The standard InChI is InChI=1S/C18H19F2N3O2/c1-11-7-13(17(24)21-2)3-4-16(11)23-18(25)22-6-5-12-8-14(19)10-15(20)9-12/h3-4,7-10H,5-6H2,1-2H3,(H,21,24)(H2,22,23,25). The van der Waals surface area contributed by atoms with Crippen LogP contribution in [0.25, 0.3) is 0 Å². The Morgan fingerprint density at radius 3 is 2.32 bits per heavy atom. The summed E-state index contributed by atoms with van der Waals surface area (Å²) in [5.41, 5.74) is 2.27. The predicted molar refractivity (Wildman–Crippen MR) is 91.7 cm³/mol. The van der Waals surface area contributed by atoms with Crippen molar-refractivity contribution in [3.8, 4) is 0 Å². The van der Waals surface area contributed by atoms with E-state index >= 15 is 0 Å². The van der Waals surface area contributed by atoms with Crippen LogP contribution in [0.5, 0.6) is 0 Å². The van der Waals surface area contributed by atoms with Crippen LogP contribution in [0.3, 0.4) is 0 Å². The van der Waals surface area contributed by atoms with Crippen molar-refractivity contribution in [3.63, 3.8) is 0 Å². The fraction of sp³-hybridized carbons (Fsp3) is 0.222. The van der Waals surface area contributed by atoms with Crippen molar-refractivity contribution in [2.45, 2.75) is 13.3 Å². The molecule has 0 saturated carbocycles. The molecule has 0 heterocycles. The van der Waals surface area contributed by atoms with E-state index in [1.807, 2.05) is 0 Å². The summed E-state index contributed by atoms with van der Waals surface area (Å²) < 4.78 is 26.2. The highest BCUT2D eigenvalue weighted by atomic mass is 19.1. The van der Waals surface area contributed by atoms with Crippen LogP contribution in [0, 0.1) is 18.6 Å². The van der Waals surface area contributed by atoms with Gasteiger partial charge in [-0.3, -0.25) is 4.79 Å². The molecule has 2 aromatic rings. The van der Waals surface area contributed by atoms with Gasteiger partial charge < -0.3 is 16.0 Å². The SMILES string of the molecule is CNC(=O)c1ccc(NC(=O)NCCc2cc(F)cc(F)c2)c(C)c1. The summed E-state index contributed by atoms with van der Waals surface area (Å²) in [4.78, 5) is 23.5. The van der Waals surface area contributed by atoms with Crippen LogP contribution >= 0.6 is 0 Å². The molecule has 0 aliphatic carbocycles. The summed E-state index contributed by atoms with van der Waals surface area (Å²) in [6, 6.07) is 7.74. The maximum absolute atomic E-state index is 13.1. The quantitative estimate of drug-likeness (QED) is 0.778. The van der Waals surface area contributed by atoms with Crippen LogP contribution in [0.4, 0.5) is 19.3 Å². The van der Waals surface area contributed by atoms with Crippen molar-refractivity contribution in [1.29, 1.82) is 0 Å². The van der Waals surface area contributed by atoms with Crippen LogP contribution in [-0.2, 0) is 6.42 Å². The lowest BCUT2D eigenvalue weighted by atomic mass is 10.1. The largest absolute Gasteiger partial charge is 0.355 e. The Kier molecular flexibility index (Phi) is 6.05. The van der Waals surface area contributed by atoms with Crippen molar-refractivity contribution in [3.05, 3.63) is 64.7 Å². The van der Waals surface area contributed by atoms with Crippen molar-refractivity contribution in [2.24, 2.45) is 0 Å². The first-order valence-corrected chi connectivity index (χ1v) is 7.71. The third kappa shape index (κ3) is 5.27. The predicted octanol–water partition coefficient (Wildman–Crippen LogP) is 3.00. The second-order valence-corrected chi connectivity index (χ2v) is 5.52. The Balaban J connectivity index is 1.89. The summed E-state index contributed by atoms with van der Waals surface area (Å²) in [6.07, 6.45) is 0.302. The summed E-state index contributed by atoms with van der Waals surface area (Å²) in [6.45, 7) is 2.00. The second-order valence-electron chi connectivity index (χ2n) is 5.52. The zero-order valence-electron chi connectivity index (χ0n) is 14.0. The molecule has 0 fully saturated rings. The zero-order chi connectivity index (χ0) is 18.4. The molecule has 0 bridgehead atoms. The molecule has 25 heavy (non-hydrogen) atoms. The van der Waals surface area contributed by atoms with E-state index in [4.69, 9.17) is 0 Å². The van der Waals surface area contributed by atoms with Gasteiger partial charge in [-0.2, -0.15) is 0 Å². The van der Waals surface area contributed by atoms with Crippen LogP contribution in [0.15, 0.2) is 36.4 Å². The second kappa shape index (κ2) is 8.23. The number of halogens is 2. The van der Waals surface area contributed by atoms with Crippen LogP contribution in [0.2, 0.25) is 0 Å². The minimum absolute atomic E-state index is 0.207. The number of nitrogens with one attached hydrogen (secondary N) is 3. The fourth-order valence-corrected chi connectivity index (χ4v) is 2.33. The molecule has 3 amide bonds. The van der Waals surface area contributed by atoms with Gasteiger partial charge in [0.05, 0.1) is 0 Å². The number of amides is 3. The molecule has 0 atom stereocenters. The number of benzene rings is 2. The molecule has 5 nitrogen and oxygen atoms in total. The Morgan fingerprint density at radius 1 is 1.04 bits per heavy atom. The van der Waals surface area contributed by atoms with E-state index in [2.05, 4.69) is 16.0 Å². The molecular formula is C18H19F2N3O2. The third-order valence-corrected chi connectivity index (χ3v) is 3.59. The monoisotopic (exact) mass is 347 g/mol. The molecule has 132 valence electrons. The topological polar surface area (TPSA) is 70.2 Å². The van der Waals surface area contributed by atoms with E-state index < -0.39 is 17.7 Å². The van der Waals surface area contributed by atoms with Gasteiger partial charge in [0.15, 0.2) is 0 Å². The van der Waals surface area contributed by atoms with Gasteiger partial charge in [0.25, 0.3) is 5.91 Å². The van der Waals surface area contributed by atoms with Gasteiger partial charge in [-0.25, -0.2) is 13.6 Å². The summed E-state index contributed by atoms with van der Waals surface area (Å²) >= 11 is 0. The molecular weight excluding hydrogens is 328 g/mol. The maximum atomic E-state index is 13.1. The van der Waals surface area contributed by atoms with E-state index in [1.54, 1.807) is 32.2 Å². The Bertz CT molecular complexity index is 774. The van der Waals surface area contributed by atoms with Gasteiger partial charge in [-0.1, -0.05) is 0 Å². The number of hydrogen-bond acceptors (Lipinski definition) is 2. The Labute approximate surface area is 144 Å². The van der Waals surface area contributed by atoms with Gasteiger partial charge in [-0.15, -0.1) is 0 Å². The van der Waals surface area contributed by atoms with E-state index in [9.17, 15) is 18.4 Å². The molecule has 0 unspecified atom stereocenters. The van der Waals surface area contributed by atoms with Crippen molar-refractivity contribution < 1.29 is 18.4 Å². The highest BCUT2D eigenvalue weighted by Gasteiger charge is 2.08. The van der Waals surface area contributed by atoms with Crippen LogP contribution in [0.1, 0.15) is 21.5 Å². The molecule has 3 N–H and O–H groups in total. The molecule has 0 aliphatic rings. The van der Waals surface area contributed by atoms with E-state index in [0.29, 0.717) is 23.2 Å². The van der Waals surface area contributed by atoms with Crippen molar-refractivity contribution in [1.82, 2.24) is 10.6 Å². The van der Waals surface area contributed by atoms with Gasteiger partial charge >= 0.3 is 6.03 Å². The molecule has 0 spiro atoms. The minimum Gasteiger partial charge on any atom is -0.355 e.